The number of nitrogen functional groups attached to an aromatic ring is 1. The van der Waals surface area contributed by atoms with Gasteiger partial charge in [-0.15, -0.1) is 0 Å². The summed E-state index contributed by atoms with van der Waals surface area (Å²) in [5.41, 5.74) is 6.17. The standard InChI is InChI=1S/C13H18N2O4/c1-15(7-6-13(17)18-2)12(16)9-19-11-5-3-4-10(14)8-11/h3-5,8H,6-7,9,14H2,1-2H3. The first-order valence-electron chi connectivity index (χ1n) is 5.82. The average Bonchev–Trinajstić information content (AvgIpc) is 2.41. The lowest BCUT2D eigenvalue weighted by Gasteiger charge is -2.16. The number of nitrogens with zero attached hydrogens (tertiary/aromatic N) is 1. The molecule has 0 aliphatic rings. The molecular formula is C13H18N2O4. The Hall–Kier alpha value is -2.24. The molecule has 0 bridgehead atoms. The smallest absolute Gasteiger partial charge is 0.307 e. The number of esters is 1. The van der Waals surface area contributed by atoms with Crippen molar-refractivity contribution in [3.8, 4) is 5.75 Å². The van der Waals surface area contributed by atoms with E-state index in [1.165, 1.54) is 12.0 Å². The van der Waals surface area contributed by atoms with Crippen LogP contribution in [-0.4, -0.2) is 44.1 Å². The largest absolute Gasteiger partial charge is 0.484 e. The van der Waals surface area contributed by atoms with E-state index < -0.39 is 0 Å². The van der Waals surface area contributed by atoms with Gasteiger partial charge in [0.1, 0.15) is 5.75 Å². The number of likely N-dealkylation sites (N-methyl/N-ethyl adjacent to an activating group) is 1. The van der Waals surface area contributed by atoms with E-state index in [2.05, 4.69) is 4.74 Å². The first-order chi connectivity index (χ1) is 9.02. The maximum Gasteiger partial charge on any atom is 0.307 e. The Balaban J connectivity index is 2.36. The molecule has 6 heteroatoms. The summed E-state index contributed by atoms with van der Waals surface area (Å²) in [6, 6.07) is 6.84. The minimum Gasteiger partial charge on any atom is -0.484 e. The molecule has 1 rings (SSSR count). The highest BCUT2D eigenvalue weighted by molar-refractivity contribution is 5.78. The molecule has 0 aromatic heterocycles. The molecule has 0 aliphatic carbocycles. The fourth-order valence-corrected chi connectivity index (χ4v) is 1.35. The molecule has 1 amide bonds. The number of carbonyl (C=O) groups excluding carboxylic acids is 2. The van der Waals surface area contributed by atoms with E-state index in [4.69, 9.17) is 10.5 Å². The van der Waals surface area contributed by atoms with Crippen molar-refractivity contribution in [2.75, 3.05) is 33.0 Å². The van der Waals surface area contributed by atoms with E-state index in [9.17, 15) is 9.59 Å². The van der Waals surface area contributed by atoms with Gasteiger partial charge in [0.05, 0.1) is 13.5 Å². The quantitative estimate of drug-likeness (QED) is 0.604. The van der Waals surface area contributed by atoms with Gasteiger partial charge in [-0.25, -0.2) is 0 Å². The summed E-state index contributed by atoms with van der Waals surface area (Å²) in [6.45, 7) is 0.201. The third-order valence-corrected chi connectivity index (χ3v) is 2.53. The minimum atomic E-state index is -0.351. The number of benzene rings is 1. The van der Waals surface area contributed by atoms with Crippen molar-refractivity contribution in [2.45, 2.75) is 6.42 Å². The van der Waals surface area contributed by atoms with Crippen molar-refractivity contribution in [1.82, 2.24) is 4.90 Å². The predicted molar refractivity (Wildman–Crippen MR) is 70.6 cm³/mol. The number of amides is 1. The summed E-state index contributed by atoms with van der Waals surface area (Å²) in [4.78, 5) is 24.1. The summed E-state index contributed by atoms with van der Waals surface area (Å²) in [7, 11) is 2.92. The first kappa shape index (κ1) is 14.8. The highest BCUT2D eigenvalue weighted by Gasteiger charge is 2.11. The zero-order chi connectivity index (χ0) is 14.3. The van der Waals surface area contributed by atoms with Crippen LogP contribution in [0.1, 0.15) is 6.42 Å². The number of ether oxygens (including phenoxy) is 2. The van der Waals surface area contributed by atoms with Gasteiger partial charge >= 0.3 is 5.97 Å². The topological polar surface area (TPSA) is 81.9 Å². The predicted octanol–water partition coefficient (Wildman–Crippen LogP) is 0.669. The van der Waals surface area contributed by atoms with Gasteiger partial charge in [-0.05, 0) is 12.1 Å². The molecule has 0 saturated heterocycles. The van der Waals surface area contributed by atoms with E-state index in [0.29, 0.717) is 18.0 Å². The molecule has 0 atom stereocenters. The average molecular weight is 266 g/mol. The van der Waals surface area contributed by atoms with Gasteiger partial charge in [-0.3, -0.25) is 9.59 Å². The maximum atomic E-state index is 11.7. The molecule has 0 radical (unpaired) electrons. The fourth-order valence-electron chi connectivity index (χ4n) is 1.35. The highest BCUT2D eigenvalue weighted by Crippen LogP contribution is 2.14. The van der Waals surface area contributed by atoms with Gasteiger partial charge in [0.2, 0.25) is 0 Å². The number of methoxy groups -OCH3 is 1. The maximum absolute atomic E-state index is 11.7. The summed E-state index contributed by atoms with van der Waals surface area (Å²) in [6.07, 6.45) is 0.164. The molecule has 0 unspecified atom stereocenters. The van der Waals surface area contributed by atoms with Crippen LogP contribution in [0.2, 0.25) is 0 Å². The van der Waals surface area contributed by atoms with Gasteiger partial charge in [-0.1, -0.05) is 6.07 Å². The normalized spacial score (nSPS) is 9.79. The second-order valence-electron chi connectivity index (χ2n) is 4.00. The SMILES string of the molecule is COC(=O)CCN(C)C(=O)COc1cccc(N)c1. The van der Waals surface area contributed by atoms with E-state index >= 15 is 0 Å². The zero-order valence-corrected chi connectivity index (χ0v) is 11.1. The second kappa shape index (κ2) is 7.25. The molecule has 0 saturated carbocycles. The minimum absolute atomic E-state index is 0.0961. The van der Waals surface area contributed by atoms with Gasteiger partial charge in [-0.2, -0.15) is 0 Å². The number of rotatable bonds is 6. The molecule has 1 aromatic carbocycles. The summed E-state index contributed by atoms with van der Waals surface area (Å²) < 4.78 is 9.82. The van der Waals surface area contributed by atoms with Crippen LogP contribution < -0.4 is 10.5 Å². The number of hydrogen-bond acceptors (Lipinski definition) is 5. The summed E-state index contributed by atoms with van der Waals surface area (Å²) in [5.74, 6) is -0.0301. The lowest BCUT2D eigenvalue weighted by molar-refractivity contribution is -0.141. The van der Waals surface area contributed by atoms with Crippen LogP contribution in [0.25, 0.3) is 0 Å². The fraction of sp³-hybridized carbons (Fsp3) is 0.385. The monoisotopic (exact) mass is 266 g/mol. The third-order valence-electron chi connectivity index (χ3n) is 2.53. The van der Waals surface area contributed by atoms with Crippen LogP contribution in [0.4, 0.5) is 5.69 Å². The van der Waals surface area contributed by atoms with Crippen LogP contribution >= 0.6 is 0 Å². The molecule has 1 aromatic rings. The van der Waals surface area contributed by atoms with Crippen LogP contribution in [0, 0.1) is 0 Å². The van der Waals surface area contributed by atoms with Crippen molar-refractivity contribution in [2.24, 2.45) is 0 Å². The Morgan fingerprint density at radius 1 is 1.37 bits per heavy atom. The lowest BCUT2D eigenvalue weighted by atomic mass is 10.3. The van der Waals surface area contributed by atoms with Crippen molar-refractivity contribution >= 4 is 17.6 Å². The highest BCUT2D eigenvalue weighted by atomic mass is 16.5. The molecule has 0 fully saturated rings. The Morgan fingerprint density at radius 3 is 2.74 bits per heavy atom. The molecule has 0 spiro atoms. The Kier molecular flexibility index (Phi) is 5.66. The summed E-state index contributed by atoms with van der Waals surface area (Å²) >= 11 is 0. The van der Waals surface area contributed by atoms with Crippen LogP contribution in [0.5, 0.6) is 5.75 Å². The van der Waals surface area contributed by atoms with Gasteiger partial charge < -0.3 is 20.1 Å². The molecular weight excluding hydrogens is 248 g/mol. The van der Waals surface area contributed by atoms with Crippen LogP contribution in [0.3, 0.4) is 0 Å². The van der Waals surface area contributed by atoms with Crippen LogP contribution in [0.15, 0.2) is 24.3 Å². The molecule has 0 heterocycles. The number of carbonyl (C=O) groups is 2. The van der Waals surface area contributed by atoms with Gasteiger partial charge in [0.15, 0.2) is 6.61 Å². The van der Waals surface area contributed by atoms with Crippen molar-refractivity contribution in [1.29, 1.82) is 0 Å². The number of hydrogen-bond donors (Lipinski definition) is 1. The van der Waals surface area contributed by atoms with Crippen molar-refractivity contribution in [3.05, 3.63) is 24.3 Å². The van der Waals surface area contributed by atoms with E-state index in [0.717, 1.165) is 0 Å². The Bertz CT molecular complexity index is 448. The van der Waals surface area contributed by atoms with E-state index in [1.807, 2.05) is 0 Å². The van der Waals surface area contributed by atoms with Gasteiger partial charge in [0.25, 0.3) is 5.91 Å². The molecule has 104 valence electrons. The van der Waals surface area contributed by atoms with Crippen molar-refractivity contribution in [3.63, 3.8) is 0 Å². The molecule has 0 aliphatic heterocycles. The summed E-state index contributed by atoms with van der Waals surface area (Å²) in [5, 5.41) is 0. The molecule has 2 N–H and O–H groups in total. The third kappa shape index (κ3) is 5.29. The van der Waals surface area contributed by atoms with Crippen molar-refractivity contribution < 1.29 is 19.1 Å². The Labute approximate surface area is 112 Å². The van der Waals surface area contributed by atoms with Gasteiger partial charge in [0, 0.05) is 25.3 Å². The number of nitrogens with two attached hydrogens (primary N) is 1. The molecule has 19 heavy (non-hydrogen) atoms. The van der Waals surface area contributed by atoms with Crippen LogP contribution in [-0.2, 0) is 14.3 Å². The second-order valence-corrected chi connectivity index (χ2v) is 4.00. The Morgan fingerprint density at radius 2 is 2.11 bits per heavy atom. The zero-order valence-electron chi connectivity index (χ0n) is 11.1. The molecule has 6 nitrogen and oxygen atoms in total. The van der Waals surface area contributed by atoms with E-state index in [-0.39, 0.29) is 24.9 Å². The first-order valence-corrected chi connectivity index (χ1v) is 5.82. The lowest BCUT2D eigenvalue weighted by Crippen LogP contribution is -2.33. The number of anilines is 1. The van der Waals surface area contributed by atoms with E-state index in [1.54, 1.807) is 31.3 Å².